The Labute approximate surface area is 357 Å². The molecule has 1 heterocycles. The van der Waals surface area contributed by atoms with Gasteiger partial charge in [0.05, 0.1) is 19.3 Å². The van der Waals surface area contributed by atoms with Crippen molar-refractivity contribution in [3.8, 4) is 0 Å². The van der Waals surface area contributed by atoms with Gasteiger partial charge in [-0.3, -0.25) is 18.6 Å². The second-order valence-corrected chi connectivity index (χ2v) is 17.2. The predicted octanol–water partition coefficient (Wildman–Crippen LogP) is 11.6. The van der Waals surface area contributed by atoms with Gasteiger partial charge < -0.3 is 29.6 Å². The van der Waals surface area contributed by atoms with E-state index in [1.165, 1.54) is 75.3 Å². The Morgan fingerprint density at radius 3 is 1.95 bits per heavy atom. The lowest BCUT2D eigenvalue weighted by molar-refractivity contribution is -0.161. The van der Waals surface area contributed by atoms with E-state index < -0.39 is 38.6 Å². The summed E-state index contributed by atoms with van der Waals surface area (Å²) in [7, 11) is -4.44. The molecule has 1 aromatic heterocycles. The van der Waals surface area contributed by atoms with E-state index in [9.17, 15) is 24.2 Å². The minimum Gasteiger partial charge on any atom is -0.466 e. The summed E-state index contributed by atoms with van der Waals surface area (Å²) in [5.41, 5.74) is 7.98. The zero-order valence-corrected chi connectivity index (χ0v) is 38.2. The van der Waals surface area contributed by atoms with Crippen LogP contribution in [-0.4, -0.2) is 60.5 Å². The van der Waals surface area contributed by atoms with Crippen molar-refractivity contribution in [2.24, 2.45) is 5.73 Å². The third-order valence-corrected chi connectivity index (χ3v) is 11.3. The van der Waals surface area contributed by atoms with Gasteiger partial charge in [0.25, 0.3) is 0 Å². The number of allylic oxidation sites excluding steroid dienone is 5. The number of carbonyl (C=O) groups excluding carboxylic acids is 2. The highest BCUT2D eigenvalue weighted by Crippen LogP contribution is 2.43. The van der Waals surface area contributed by atoms with Crippen molar-refractivity contribution >= 4 is 19.8 Å². The van der Waals surface area contributed by atoms with E-state index >= 15 is 0 Å². The standard InChI is InChI=1S/C47H82NO10P/c1-5-7-9-10-11-12-13-14-15-16-19-22-26-30-42(49)31-29-35-46(50)54-38-43(39-56-59(52,53)55-37-36-48)57-47(51)34-28-24-21-18-17-20-23-27-33-45-41(4)40(3)44(58-45)32-25-8-6-2/h14-15,19,22,26,30,42-43,49H,5-13,16-18,20-21,23-25,27-29,31-39,48H2,1-4H3,(H,52,53)/b15-14+,22-19+,30-26+/t42?,43-/m1/s1. The molecule has 340 valence electrons. The van der Waals surface area contributed by atoms with E-state index in [4.69, 9.17) is 28.7 Å². The number of aliphatic hydroxyl groups is 1. The number of furan rings is 1. The van der Waals surface area contributed by atoms with Crippen LogP contribution in [0.25, 0.3) is 0 Å². The van der Waals surface area contributed by atoms with E-state index in [2.05, 4.69) is 39.8 Å². The SMILES string of the molecule is CCCCCCCC/C=C/C/C=C/C=C/C(O)CCCC(=O)OC[C@H](COP(=O)(O)OCCN)OC(=O)CCCCCCCCCCc1oc(CCCCC)c(C)c1C. The topological polar surface area (TPSA) is 168 Å². The normalized spacial score (nSPS) is 14.1. The molecule has 0 saturated heterocycles. The molecule has 0 aromatic carbocycles. The van der Waals surface area contributed by atoms with Crippen molar-refractivity contribution in [2.75, 3.05) is 26.4 Å². The summed E-state index contributed by atoms with van der Waals surface area (Å²) in [6, 6.07) is 0. The first kappa shape index (κ1) is 54.5. The fraction of sp³-hybridized carbons (Fsp3) is 0.745. The Hall–Kier alpha value is -2.53. The summed E-state index contributed by atoms with van der Waals surface area (Å²) in [5.74, 6) is 1.26. The number of aliphatic hydroxyl groups excluding tert-OH is 1. The minimum atomic E-state index is -4.44. The first-order valence-corrected chi connectivity index (χ1v) is 24.4. The van der Waals surface area contributed by atoms with E-state index in [0.29, 0.717) is 19.3 Å². The molecule has 12 heteroatoms. The number of phosphoric acid groups is 1. The predicted molar refractivity (Wildman–Crippen MR) is 238 cm³/mol. The van der Waals surface area contributed by atoms with Gasteiger partial charge in [-0.05, 0) is 76.3 Å². The van der Waals surface area contributed by atoms with Crippen LogP contribution >= 0.6 is 7.82 Å². The molecule has 0 fully saturated rings. The van der Waals surface area contributed by atoms with Gasteiger partial charge in [0.15, 0.2) is 6.10 Å². The van der Waals surface area contributed by atoms with Gasteiger partial charge in [-0.15, -0.1) is 0 Å². The summed E-state index contributed by atoms with van der Waals surface area (Å²) in [5, 5.41) is 10.3. The van der Waals surface area contributed by atoms with Gasteiger partial charge in [-0.2, -0.15) is 0 Å². The lowest BCUT2D eigenvalue weighted by atomic mass is 10.0. The van der Waals surface area contributed by atoms with Crippen molar-refractivity contribution in [1.82, 2.24) is 0 Å². The molecule has 0 radical (unpaired) electrons. The number of nitrogens with two attached hydrogens (primary N) is 1. The zero-order chi connectivity index (χ0) is 43.4. The van der Waals surface area contributed by atoms with Crippen LogP contribution in [0.2, 0.25) is 0 Å². The Morgan fingerprint density at radius 1 is 0.712 bits per heavy atom. The maximum Gasteiger partial charge on any atom is 0.472 e. The highest BCUT2D eigenvalue weighted by molar-refractivity contribution is 7.47. The average molecular weight is 852 g/mol. The zero-order valence-electron chi connectivity index (χ0n) is 37.3. The molecule has 0 aliphatic carbocycles. The number of rotatable bonds is 39. The van der Waals surface area contributed by atoms with Crippen LogP contribution in [0, 0.1) is 13.8 Å². The van der Waals surface area contributed by atoms with Crippen LogP contribution in [-0.2, 0) is 45.5 Å². The van der Waals surface area contributed by atoms with Crippen LogP contribution in [0.1, 0.15) is 184 Å². The Bertz CT molecular complexity index is 1360. The quantitative estimate of drug-likeness (QED) is 0.0189. The first-order valence-electron chi connectivity index (χ1n) is 22.9. The highest BCUT2D eigenvalue weighted by Gasteiger charge is 2.26. The largest absolute Gasteiger partial charge is 0.472 e. The first-order chi connectivity index (χ1) is 28.5. The van der Waals surface area contributed by atoms with E-state index in [0.717, 1.165) is 75.7 Å². The highest BCUT2D eigenvalue weighted by atomic mass is 31.2. The molecule has 11 nitrogen and oxygen atoms in total. The van der Waals surface area contributed by atoms with Gasteiger partial charge in [0, 0.05) is 32.2 Å². The number of hydrogen-bond acceptors (Lipinski definition) is 10. The molecule has 0 saturated carbocycles. The van der Waals surface area contributed by atoms with Crippen LogP contribution in [0.3, 0.4) is 0 Å². The van der Waals surface area contributed by atoms with Crippen molar-refractivity contribution in [3.63, 3.8) is 0 Å². The molecular weight excluding hydrogens is 769 g/mol. The number of unbranched alkanes of at least 4 members (excludes halogenated alkanes) is 15. The van der Waals surface area contributed by atoms with Crippen LogP contribution < -0.4 is 5.73 Å². The van der Waals surface area contributed by atoms with Gasteiger partial charge in [0.2, 0.25) is 0 Å². The number of esters is 2. The van der Waals surface area contributed by atoms with Crippen molar-refractivity contribution in [2.45, 2.75) is 200 Å². The molecule has 0 amide bonds. The van der Waals surface area contributed by atoms with Crippen molar-refractivity contribution < 1.29 is 47.1 Å². The molecule has 0 aliphatic rings. The lowest BCUT2D eigenvalue weighted by Crippen LogP contribution is -2.29. The number of phosphoric ester groups is 1. The molecule has 1 aromatic rings. The summed E-state index contributed by atoms with van der Waals surface area (Å²) >= 11 is 0. The molecule has 59 heavy (non-hydrogen) atoms. The van der Waals surface area contributed by atoms with E-state index in [1.54, 1.807) is 12.2 Å². The summed E-state index contributed by atoms with van der Waals surface area (Å²) in [6.07, 6.45) is 34.6. The molecule has 0 bridgehead atoms. The molecule has 0 spiro atoms. The molecule has 0 aliphatic heterocycles. The summed E-state index contributed by atoms with van der Waals surface area (Å²) < 4.78 is 39.0. The monoisotopic (exact) mass is 852 g/mol. The summed E-state index contributed by atoms with van der Waals surface area (Å²) in [6.45, 7) is 7.79. The van der Waals surface area contributed by atoms with Crippen molar-refractivity contribution in [1.29, 1.82) is 0 Å². The van der Waals surface area contributed by atoms with Gasteiger partial charge >= 0.3 is 19.8 Å². The van der Waals surface area contributed by atoms with Crippen LogP contribution in [0.5, 0.6) is 0 Å². The lowest BCUT2D eigenvalue weighted by Gasteiger charge is -2.20. The van der Waals surface area contributed by atoms with Crippen LogP contribution in [0.15, 0.2) is 40.9 Å². The maximum absolute atomic E-state index is 12.7. The van der Waals surface area contributed by atoms with Gasteiger partial charge in [-0.1, -0.05) is 134 Å². The maximum atomic E-state index is 12.7. The third kappa shape index (κ3) is 30.2. The second-order valence-electron chi connectivity index (χ2n) is 15.7. The molecule has 2 unspecified atom stereocenters. The van der Waals surface area contributed by atoms with Gasteiger partial charge in [-0.25, -0.2) is 4.57 Å². The molecule has 4 N–H and O–H groups in total. The van der Waals surface area contributed by atoms with Crippen LogP contribution in [0.4, 0.5) is 0 Å². The number of hydrogen-bond donors (Lipinski definition) is 3. The molecule has 3 atom stereocenters. The average Bonchev–Trinajstić information content (AvgIpc) is 3.48. The fourth-order valence-electron chi connectivity index (χ4n) is 6.59. The minimum absolute atomic E-state index is 0.0212. The van der Waals surface area contributed by atoms with E-state index in [-0.39, 0.29) is 32.6 Å². The number of carbonyl (C=O) groups is 2. The number of ether oxygens (including phenoxy) is 2. The third-order valence-electron chi connectivity index (χ3n) is 10.3. The van der Waals surface area contributed by atoms with E-state index in [1.807, 2.05) is 12.2 Å². The Morgan fingerprint density at radius 2 is 1.29 bits per heavy atom. The fourth-order valence-corrected chi connectivity index (χ4v) is 7.35. The molecule has 1 rings (SSSR count). The Balaban J connectivity index is 2.33. The molecular formula is C47H82NO10P. The second kappa shape index (κ2) is 36.2. The smallest absolute Gasteiger partial charge is 0.466 e. The summed E-state index contributed by atoms with van der Waals surface area (Å²) in [4.78, 5) is 35.0. The Kier molecular flexibility index (Phi) is 33.4. The van der Waals surface area contributed by atoms with Crippen molar-refractivity contribution in [3.05, 3.63) is 59.1 Å². The van der Waals surface area contributed by atoms with Gasteiger partial charge in [0.1, 0.15) is 18.1 Å². The number of aryl methyl sites for hydroxylation is 2.